The molecule has 2 aliphatic heterocycles. The fourth-order valence-corrected chi connectivity index (χ4v) is 10.2. The molecule has 3 aliphatic rings. The van der Waals surface area contributed by atoms with E-state index >= 15 is 0 Å². The number of carbonyl (C=O) groups is 3. The highest BCUT2D eigenvalue weighted by Crippen LogP contribution is 2.41. The number of Topliss-reactive ketones (excluding diaryl/α,β-unsaturated/α-hetero) is 1. The van der Waals surface area contributed by atoms with Crippen molar-refractivity contribution in [3.8, 4) is 0 Å². The van der Waals surface area contributed by atoms with Crippen LogP contribution in [0.3, 0.4) is 0 Å². The Bertz CT molecular complexity index is 2640. The third-order valence-corrected chi connectivity index (χ3v) is 14.2. The molecule has 10 heteroatoms. The van der Waals surface area contributed by atoms with Crippen LogP contribution in [0.15, 0.2) is 35.2 Å². The number of methoxy groups -OCH3 is 1. The summed E-state index contributed by atoms with van der Waals surface area (Å²) in [6.45, 7) is 23.9. The average molecular weight is 887 g/mol. The Morgan fingerprint density at radius 2 is 1.55 bits per heavy atom. The van der Waals surface area contributed by atoms with Crippen molar-refractivity contribution in [3.63, 3.8) is 0 Å². The smallest absolute Gasteiger partial charge is 0.321 e. The first-order valence-corrected chi connectivity index (χ1v) is 24.1. The van der Waals surface area contributed by atoms with Crippen LogP contribution in [0.4, 0.5) is 0 Å². The lowest BCUT2D eigenvalue weighted by atomic mass is 9.89. The molecule has 0 fully saturated rings. The monoisotopic (exact) mass is 887 g/mol. The van der Waals surface area contributed by atoms with E-state index in [0.29, 0.717) is 57.1 Å². The van der Waals surface area contributed by atoms with E-state index in [-0.39, 0.29) is 30.7 Å². The van der Waals surface area contributed by atoms with Crippen molar-refractivity contribution < 1.29 is 29.0 Å². The van der Waals surface area contributed by atoms with E-state index < -0.39 is 11.9 Å². The van der Waals surface area contributed by atoms with Crippen LogP contribution < -0.4 is 26.6 Å². The van der Waals surface area contributed by atoms with Gasteiger partial charge in [0.15, 0.2) is 5.78 Å². The number of ether oxygens (including phenoxy) is 2. The van der Waals surface area contributed by atoms with Gasteiger partial charge in [-0.15, -0.1) is 0 Å². The van der Waals surface area contributed by atoms with E-state index in [1.807, 2.05) is 51.2 Å². The SMILES string of the molecule is C=Cc1c2[nH]c(c1C)/C=C1\NC(=C(CCC(=O)OC/C=C(/C)CCC[C@H](C)CCC[C@H](C)CCCC(C)C)[C@@H]1C)C1=c3[nH]/c(c(C)c3C(=O)[C@@H]1C(=O)OC)=C\c1[nH]c(/c(=C\O)c1CC)=C\2. The molecule has 10 nitrogen and oxygen atoms in total. The molecule has 65 heavy (non-hydrogen) atoms. The molecular weight excluding hydrogens is 813 g/mol. The van der Waals surface area contributed by atoms with Gasteiger partial charge in [0.05, 0.1) is 24.1 Å². The van der Waals surface area contributed by atoms with Crippen LogP contribution in [-0.4, -0.2) is 51.5 Å². The summed E-state index contributed by atoms with van der Waals surface area (Å²) >= 11 is 0. The third-order valence-electron chi connectivity index (χ3n) is 14.2. The maximum Gasteiger partial charge on any atom is 0.321 e. The normalized spacial score (nSPS) is 20.0. The van der Waals surface area contributed by atoms with Gasteiger partial charge in [0.25, 0.3) is 0 Å². The predicted octanol–water partition coefficient (Wildman–Crippen LogP) is 9.14. The van der Waals surface area contributed by atoms with Gasteiger partial charge in [0, 0.05) is 68.1 Å². The number of rotatable bonds is 20. The average Bonchev–Trinajstić information content (AvgIpc) is 4.02. The quantitative estimate of drug-likeness (QED) is 0.0432. The van der Waals surface area contributed by atoms with Crippen molar-refractivity contribution in [2.75, 3.05) is 13.7 Å². The zero-order valence-corrected chi connectivity index (χ0v) is 40.7. The number of aliphatic hydroxyl groups excluding tert-OH is 1. The summed E-state index contributed by atoms with van der Waals surface area (Å²) in [6.07, 6.45) is 23.3. The minimum atomic E-state index is -1.20. The van der Waals surface area contributed by atoms with Gasteiger partial charge in [-0.25, -0.2) is 0 Å². The van der Waals surface area contributed by atoms with E-state index in [1.165, 1.54) is 57.6 Å². The molecule has 5 N–H and O–H groups in total. The lowest BCUT2D eigenvalue weighted by Gasteiger charge is -2.16. The Hall–Kier alpha value is -5.51. The molecule has 0 spiro atoms. The second-order valence-corrected chi connectivity index (χ2v) is 19.4. The summed E-state index contributed by atoms with van der Waals surface area (Å²) < 4.78 is 11.1. The fraction of sp³-hybridized carbons (Fsp3) is 0.509. The molecule has 3 aromatic heterocycles. The highest BCUT2D eigenvalue weighted by Gasteiger charge is 2.45. The van der Waals surface area contributed by atoms with Crippen molar-refractivity contribution in [3.05, 3.63) is 101 Å². The van der Waals surface area contributed by atoms with Crippen LogP contribution in [0.2, 0.25) is 0 Å². The van der Waals surface area contributed by atoms with Crippen molar-refractivity contribution in [1.82, 2.24) is 20.3 Å². The zero-order chi connectivity index (χ0) is 47.1. The third kappa shape index (κ3) is 10.8. The summed E-state index contributed by atoms with van der Waals surface area (Å²) in [5, 5.41) is 16.8. The van der Waals surface area contributed by atoms with Gasteiger partial charge < -0.3 is 34.8 Å². The van der Waals surface area contributed by atoms with E-state index in [0.717, 1.165) is 81.3 Å². The van der Waals surface area contributed by atoms with Gasteiger partial charge >= 0.3 is 11.9 Å². The fourth-order valence-electron chi connectivity index (χ4n) is 10.2. The molecule has 0 radical (unpaired) electrons. The molecule has 8 bridgehead atoms. The van der Waals surface area contributed by atoms with Crippen molar-refractivity contribution in [1.29, 1.82) is 0 Å². The maximum atomic E-state index is 14.4. The van der Waals surface area contributed by atoms with Crippen LogP contribution >= 0.6 is 0 Å². The minimum Gasteiger partial charge on any atom is -0.515 e. The zero-order valence-electron chi connectivity index (χ0n) is 40.7. The maximum absolute atomic E-state index is 14.4. The summed E-state index contributed by atoms with van der Waals surface area (Å²) in [6, 6.07) is 0. The first kappa shape index (κ1) is 48.9. The van der Waals surface area contributed by atoms with Crippen LogP contribution in [0.5, 0.6) is 0 Å². The number of fused-ring (bicyclic) bond motifs is 8. The van der Waals surface area contributed by atoms with Crippen LogP contribution in [-0.2, 0) is 25.5 Å². The Balaban J connectivity index is 1.25. The number of carbonyl (C=O) groups excluding carboxylic acids is 3. The van der Waals surface area contributed by atoms with Gasteiger partial charge in [-0.3, -0.25) is 14.4 Å². The van der Waals surface area contributed by atoms with Crippen LogP contribution in [0.25, 0.3) is 36.1 Å². The number of aliphatic hydroxyl groups is 1. The topological polar surface area (TPSA) is 149 Å². The Kier molecular flexibility index (Phi) is 16.3. The summed E-state index contributed by atoms with van der Waals surface area (Å²) in [5.41, 5.74) is 10.5. The van der Waals surface area contributed by atoms with Gasteiger partial charge in [0.1, 0.15) is 12.5 Å². The Labute approximate surface area is 385 Å². The van der Waals surface area contributed by atoms with Gasteiger partial charge in [-0.2, -0.15) is 0 Å². The molecule has 350 valence electrons. The van der Waals surface area contributed by atoms with E-state index in [9.17, 15) is 19.5 Å². The lowest BCUT2D eigenvalue weighted by molar-refractivity contribution is -0.143. The van der Waals surface area contributed by atoms with Crippen molar-refractivity contribution in [2.45, 2.75) is 139 Å². The first-order valence-electron chi connectivity index (χ1n) is 24.1. The summed E-state index contributed by atoms with van der Waals surface area (Å²) in [4.78, 5) is 52.1. The molecule has 0 saturated heterocycles. The number of aromatic nitrogens is 3. The molecule has 0 unspecified atom stereocenters. The van der Waals surface area contributed by atoms with Crippen molar-refractivity contribution >= 4 is 53.9 Å². The highest BCUT2D eigenvalue weighted by molar-refractivity contribution is 6.20. The van der Waals surface area contributed by atoms with Crippen LogP contribution in [0, 0.1) is 43.4 Å². The van der Waals surface area contributed by atoms with E-state index in [2.05, 4.69) is 68.4 Å². The molecule has 1 aliphatic carbocycles. The molecule has 3 aromatic rings. The number of ketones is 1. The predicted molar refractivity (Wildman–Crippen MR) is 263 cm³/mol. The van der Waals surface area contributed by atoms with Gasteiger partial charge in [0.2, 0.25) is 0 Å². The molecule has 5 heterocycles. The number of esters is 2. The Morgan fingerprint density at radius 1 is 0.877 bits per heavy atom. The Morgan fingerprint density at radius 3 is 2.20 bits per heavy atom. The summed E-state index contributed by atoms with van der Waals surface area (Å²) in [5.74, 6) is -0.398. The second-order valence-electron chi connectivity index (χ2n) is 19.4. The largest absolute Gasteiger partial charge is 0.515 e. The van der Waals surface area contributed by atoms with Crippen LogP contribution in [0.1, 0.15) is 169 Å². The number of hydrogen-bond donors (Lipinski definition) is 5. The number of hydrogen-bond acceptors (Lipinski definition) is 7. The minimum absolute atomic E-state index is 0.124. The number of nitrogens with one attached hydrogen (secondary N) is 4. The standard InChI is InChI=1S/C55H74N4O6/c1-12-38-35(8)42-27-43-36(9)40(23-24-48(61)65-26-25-34(7)22-16-21-33(6)20-15-19-32(5)18-14-17-31(3)4)52(58-43)50-51(55(63)64-11)54(62)49-37(10)44(59-53(49)50)28-46-39(13-2)41(30-60)47(57-46)29-45(38)56-42/h12,25,27-33,36,51,56-60H,1,13-24,26H2,2-11H3/b34-25-,41-30-,43-27-,44-28-,47-29-/t32-,33-,36+,51-/m1/s1. The molecule has 6 rings (SSSR count). The lowest BCUT2D eigenvalue weighted by Crippen LogP contribution is -2.28. The first-order chi connectivity index (χ1) is 31.1. The molecule has 4 atom stereocenters. The number of allylic oxidation sites excluding steroid dienone is 3. The molecular formula is C55H74N4O6. The highest BCUT2D eigenvalue weighted by atomic mass is 16.5. The second kappa shape index (κ2) is 21.7. The number of aromatic amines is 3. The number of H-pyrrole nitrogens is 3. The van der Waals surface area contributed by atoms with Gasteiger partial charge in [-0.05, 0) is 111 Å². The summed E-state index contributed by atoms with van der Waals surface area (Å²) in [7, 11) is 1.30. The molecule has 0 saturated carbocycles. The molecule has 0 amide bonds. The molecule has 0 aromatic carbocycles. The van der Waals surface area contributed by atoms with E-state index in [1.54, 1.807) is 0 Å². The van der Waals surface area contributed by atoms with Gasteiger partial charge in [-0.1, -0.05) is 105 Å². The van der Waals surface area contributed by atoms with E-state index in [4.69, 9.17) is 9.47 Å². The van der Waals surface area contributed by atoms with Crippen molar-refractivity contribution in [2.24, 2.45) is 29.6 Å².